The summed E-state index contributed by atoms with van der Waals surface area (Å²) in [6.07, 6.45) is 5.29. The van der Waals surface area contributed by atoms with E-state index in [0.29, 0.717) is 18.5 Å². The first-order valence-electron chi connectivity index (χ1n) is 7.33. The Bertz CT molecular complexity index is 394. The molecule has 106 valence electrons. The average molecular weight is 262 g/mol. The lowest BCUT2D eigenvalue weighted by Crippen LogP contribution is -2.38. The molecule has 1 aromatic carbocycles. The highest BCUT2D eigenvalue weighted by molar-refractivity contribution is 5.49. The van der Waals surface area contributed by atoms with Gasteiger partial charge in [0.15, 0.2) is 0 Å². The molecule has 0 bridgehead atoms. The lowest BCUT2D eigenvalue weighted by atomic mass is 9.78. The first-order valence-corrected chi connectivity index (χ1v) is 7.33. The molecule has 0 saturated heterocycles. The van der Waals surface area contributed by atoms with Gasteiger partial charge in [0.2, 0.25) is 0 Å². The molecular formula is C16H26N2O. The van der Waals surface area contributed by atoms with Crippen LogP contribution in [0.4, 0.5) is 5.69 Å². The predicted molar refractivity (Wildman–Crippen MR) is 80.6 cm³/mol. The van der Waals surface area contributed by atoms with Gasteiger partial charge in [0.05, 0.1) is 7.11 Å². The smallest absolute Gasteiger partial charge is 0.120 e. The maximum absolute atomic E-state index is 5.97. The predicted octanol–water partition coefficient (Wildman–Crippen LogP) is 3.26. The number of anilines is 1. The molecule has 3 nitrogen and oxygen atoms in total. The number of benzene rings is 1. The van der Waals surface area contributed by atoms with Crippen molar-refractivity contribution in [1.82, 2.24) is 0 Å². The Hall–Kier alpha value is -1.22. The van der Waals surface area contributed by atoms with Crippen LogP contribution in [-0.2, 0) is 0 Å². The summed E-state index contributed by atoms with van der Waals surface area (Å²) in [7, 11) is 1.70. The van der Waals surface area contributed by atoms with E-state index in [9.17, 15) is 0 Å². The molecule has 0 radical (unpaired) electrons. The van der Waals surface area contributed by atoms with E-state index in [1.54, 1.807) is 7.11 Å². The third kappa shape index (κ3) is 3.87. The van der Waals surface area contributed by atoms with Crippen LogP contribution in [0, 0.1) is 11.8 Å². The minimum Gasteiger partial charge on any atom is -0.497 e. The van der Waals surface area contributed by atoms with E-state index in [1.807, 2.05) is 18.2 Å². The molecule has 0 amide bonds. The number of hydrogen-bond donors (Lipinski definition) is 2. The van der Waals surface area contributed by atoms with Crippen molar-refractivity contribution in [1.29, 1.82) is 0 Å². The molecule has 1 fully saturated rings. The highest BCUT2D eigenvalue weighted by Crippen LogP contribution is 2.32. The monoisotopic (exact) mass is 262 g/mol. The van der Waals surface area contributed by atoms with Crippen molar-refractivity contribution in [3.8, 4) is 5.75 Å². The number of nitrogens with one attached hydrogen (secondary N) is 1. The number of ether oxygens (including phenoxy) is 1. The van der Waals surface area contributed by atoms with Gasteiger partial charge in [-0.1, -0.05) is 25.8 Å². The molecule has 0 aliphatic heterocycles. The van der Waals surface area contributed by atoms with Gasteiger partial charge in [0, 0.05) is 24.3 Å². The van der Waals surface area contributed by atoms with E-state index < -0.39 is 0 Å². The molecule has 0 spiro atoms. The van der Waals surface area contributed by atoms with Crippen molar-refractivity contribution in [3.05, 3.63) is 24.3 Å². The third-order valence-corrected chi connectivity index (χ3v) is 4.22. The standard InChI is InChI=1S/C16H26N2O/c1-12-5-3-6-13(9-12)16(11-17)18-14-7-4-8-15(10-14)19-2/h4,7-8,10,12-13,16,18H,3,5-6,9,11,17H2,1-2H3. The van der Waals surface area contributed by atoms with Crippen LogP contribution >= 0.6 is 0 Å². The largest absolute Gasteiger partial charge is 0.497 e. The summed E-state index contributed by atoms with van der Waals surface area (Å²) in [6.45, 7) is 3.04. The average Bonchev–Trinajstić information content (AvgIpc) is 2.45. The fourth-order valence-corrected chi connectivity index (χ4v) is 3.14. The Morgan fingerprint density at radius 2 is 2.26 bits per heavy atom. The fourth-order valence-electron chi connectivity index (χ4n) is 3.14. The van der Waals surface area contributed by atoms with Gasteiger partial charge in [-0.2, -0.15) is 0 Å². The number of methoxy groups -OCH3 is 1. The lowest BCUT2D eigenvalue weighted by molar-refractivity contribution is 0.257. The zero-order valence-corrected chi connectivity index (χ0v) is 12.1. The first kappa shape index (κ1) is 14.2. The van der Waals surface area contributed by atoms with Gasteiger partial charge >= 0.3 is 0 Å². The highest BCUT2D eigenvalue weighted by Gasteiger charge is 2.25. The lowest BCUT2D eigenvalue weighted by Gasteiger charge is -2.33. The van der Waals surface area contributed by atoms with Crippen molar-refractivity contribution < 1.29 is 4.74 Å². The van der Waals surface area contributed by atoms with Crippen LogP contribution in [0.15, 0.2) is 24.3 Å². The first-order chi connectivity index (χ1) is 9.22. The summed E-state index contributed by atoms with van der Waals surface area (Å²) in [4.78, 5) is 0. The molecule has 19 heavy (non-hydrogen) atoms. The minimum absolute atomic E-state index is 0.370. The van der Waals surface area contributed by atoms with Gasteiger partial charge in [0.1, 0.15) is 5.75 Å². The number of hydrogen-bond acceptors (Lipinski definition) is 3. The maximum Gasteiger partial charge on any atom is 0.120 e. The Morgan fingerprint density at radius 3 is 2.95 bits per heavy atom. The van der Waals surface area contributed by atoms with Crippen molar-refractivity contribution in [2.75, 3.05) is 19.0 Å². The summed E-state index contributed by atoms with van der Waals surface area (Å²) < 4.78 is 5.26. The molecule has 1 aliphatic carbocycles. The molecule has 1 saturated carbocycles. The Balaban J connectivity index is 2.01. The van der Waals surface area contributed by atoms with E-state index in [0.717, 1.165) is 17.4 Å². The molecule has 1 aromatic rings. The van der Waals surface area contributed by atoms with Crippen LogP contribution in [0.25, 0.3) is 0 Å². The number of rotatable bonds is 5. The quantitative estimate of drug-likeness (QED) is 0.856. The number of nitrogens with two attached hydrogens (primary N) is 1. The van der Waals surface area contributed by atoms with Crippen molar-refractivity contribution in [3.63, 3.8) is 0 Å². The Kier molecular flexibility index (Phi) is 5.08. The van der Waals surface area contributed by atoms with Crippen LogP contribution in [-0.4, -0.2) is 19.7 Å². The van der Waals surface area contributed by atoms with E-state index in [2.05, 4.69) is 18.3 Å². The summed E-state index contributed by atoms with van der Waals surface area (Å²) in [5.41, 5.74) is 7.08. The molecule has 3 unspecified atom stereocenters. The zero-order valence-electron chi connectivity index (χ0n) is 12.1. The van der Waals surface area contributed by atoms with Gasteiger partial charge in [0.25, 0.3) is 0 Å². The third-order valence-electron chi connectivity index (χ3n) is 4.22. The second-order valence-corrected chi connectivity index (χ2v) is 5.75. The highest BCUT2D eigenvalue weighted by atomic mass is 16.5. The van der Waals surface area contributed by atoms with Crippen molar-refractivity contribution in [2.24, 2.45) is 17.6 Å². The molecule has 0 heterocycles. The van der Waals surface area contributed by atoms with E-state index in [1.165, 1.54) is 25.7 Å². The van der Waals surface area contributed by atoms with Crippen LogP contribution in [0.3, 0.4) is 0 Å². The van der Waals surface area contributed by atoms with E-state index in [-0.39, 0.29) is 0 Å². The van der Waals surface area contributed by atoms with Gasteiger partial charge in [-0.05, 0) is 36.8 Å². The van der Waals surface area contributed by atoms with E-state index in [4.69, 9.17) is 10.5 Å². The zero-order chi connectivity index (χ0) is 13.7. The van der Waals surface area contributed by atoms with E-state index >= 15 is 0 Å². The fraction of sp³-hybridized carbons (Fsp3) is 0.625. The van der Waals surface area contributed by atoms with Crippen LogP contribution < -0.4 is 15.8 Å². The molecular weight excluding hydrogens is 236 g/mol. The normalized spacial score (nSPS) is 24.8. The van der Waals surface area contributed by atoms with Crippen LogP contribution in [0.1, 0.15) is 32.6 Å². The molecule has 3 N–H and O–H groups in total. The van der Waals surface area contributed by atoms with Crippen LogP contribution in [0.5, 0.6) is 5.75 Å². The van der Waals surface area contributed by atoms with Crippen molar-refractivity contribution >= 4 is 5.69 Å². The summed E-state index contributed by atoms with van der Waals surface area (Å²) >= 11 is 0. The van der Waals surface area contributed by atoms with Gasteiger partial charge in [-0.15, -0.1) is 0 Å². The molecule has 3 atom stereocenters. The molecule has 2 rings (SSSR count). The molecule has 0 aromatic heterocycles. The topological polar surface area (TPSA) is 47.3 Å². The minimum atomic E-state index is 0.370. The Morgan fingerprint density at radius 1 is 1.42 bits per heavy atom. The summed E-state index contributed by atoms with van der Waals surface area (Å²) in [5, 5.41) is 3.59. The maximum atomic E-state index is 5.97. The summed E-state index contributed by atoms with van der Waals surface area (Å²) in [5.74, 6) is 2.41. The SMILES string of the molecule is COc1cccc(NC(CN)C2CCCC(C)C2)c1. The second-order valence-electron chi connectivity index (χ2n) is 5.75. The summed E-state index contributed by atoms with van der Waals surface area (Å²) in [6, 6.07) is 8.46. The van der Waals surface area contributed by atoms with Gasteiger partial charge in [-0.3, -0.25) is 0 Å². The van der Waals surface area contributed by atoms with Gasteiger partial charge < -0.3 is 15.8 Å². The molecule has 1 aliphatic rings. The second kappa shape index (κ2) is 6.80. The van der Waals surface area contributed by atoms with Crippen LogP contribution in [0.2, 0.25) is 0 Å². The van der Waals surface area contributed by atoms with Gasteiger partial charge in [-0.25, -0.2) is 0 Å². The Labute approximate surface area is 116 Å². The van der Waals surface area contributed by atoms with Crippen molar-refractivity contribution in [2.45, 2.75) is 38.6 Å². The molecule has 3 heteroatoms.